The van der Waals surface area contributed by atoms with Gasteiger partial charge in [-0.25, -0.2) is 14.8 Å². The van der Waals surface area contributed by atoms with E-state index in [9.17, 15) is 14.4 Å². The van der Waals surface area contributed by atoms with E-state index in [1.54, 1.807) is 0 Å². The first-order valence-electron chi connectivity index (χ1n) is 4.03. The maximum absolute atomic E-state index is 10.8. The molecule has 2 N–H and O–H groups in total. The molecule has 2 rings (SSSR count). The van der Waals surface area contributed by atoms with Crippen molar-refractivity contribution in [2.45, 2.75) is 0 Å². The van der Waals surface area contributed by atoms with E-state index in [4.69, 9.17) is 28.3 Å². The van der Waals surface area contributed by atoms with Crippen LogP contribution in [0.2, 0.25) is 10.3 Å². The third-order valence-corrected chi connectivity index (χ3v) is 2.40. The number of rotatable bonds is 3. The molecule has 10 heteroatoms. The highest BCUT2D eigenvalue weighted by Gasteiger charge is 2.22. The first-order valence-corrected chi connectivity index (χ1v) is 4.79. The fraction of sp³-hybridized carbons (Fsp3) is 0. The van der Waals surface area contributed by atoms with Crippen LogP contribution in [0, 0.1) is 0 Å². The van der Waals surface area contributed by atoms with E-state index in [0.717, 1.165) is 0 Å². The number of carboxylic acid groups (broad SMARTS) is 1. The summed E-state index contributed by atoms with van der Waals surface area (Å²) in [5.41, 5.74) is -0.000890. The van der Waals surface area contributed by atoms with Crippen LogP contribution in [0.3, 0.4) is 0 Å². The van der Waals surface area contributed by atoms with Gasteiger partial charge in [-0.3, -0.25) is 15.0 Å². The molecule has 0 radical (unpaired) electrons. The highest BCUT2D eigenvalue weighted by Crippen LogP contribution is 2.21. The highest BCUT2D eigenvalue weighted by molar-refractivity contribution is 6.40. The number of hydrogen-bond acceptors (Lipinski definition) is 6. The van der Waals surface area contributed by atoms with Crippen LogP contribution in [0.4, 0.5) is 5.82 Å². The quantitative estimate of drug-likeness (QED) is 0.743. The lowest BCUT2D eigenvalue weighted by Crippen LogP contribution is -2.15. The number of hydrogen-bond donors (Lipinski definition) is 2. The number of carboxylic acids is 1. The molecule has 0 atom stereocenters. The standard InChI is InChI=1S/C7H2Cl2N4O4/c8-2-3(9)11-4(1(10-2)7(16)17)12-13-5(14)6(13)15/h(H,11,12)(H,16,17). The SMILES string of the molecule is O=C(O)c1nc(Cl)c(Cl)nc1Nn1c(=O)c1=O. The Bertz CT molecular complexity index is 662. The molecule has 0 saturated carbocycles. The number of nitrogens with zero attached hydrogens (tertiary/aromatic N) is 3. The van der Waals surface area contributed by atoms with Crippen molar-refractivity contribution in [2.24, 2.45) is 0 Å². The van der Waals surface area contributed by atoms with Gasteiger partial charge in [0.05, 0.1) is 0 Å². The van der Waals surface area contributed by atoms with Gasteiger partial charge in [-0.05, 0) is 0 Å². The van der Waals surface area contributed by atoms with Gasteiger partial charge in [-0.1, -0.05) is 23.2 Å². The summed E-state index contributed by atoms with van der Waals surface area (Å²) in [7, 11) is 0. The molecule has 17 heavy (non-hydrogen) atoms. The van der Waals surface area contributed by atoms with Gasteiger partial charge in [0.25, 0.3) is 0 Å². The summed E-state index contributed by atoms with van der Waals surface area (Å²) in [6, 6.07) is 0. The average molecular weight is 277 g/mol. The van der Waals surface area contributed by atoms with Crippen LogP contribution in [-0.4, -0.2) is 25.7 Å². The summed E-state index contributed by atoms with van der Waals surface area (Å²) in [4.78, 5) is 39.3. The molecular weight excluding hydrogens is 275 g/mol. The lowest BCUT2D eigenvalue weighted by atomic mass is 10.4. The maximum Gasteiger partial charge on any atom is 0.358 e. The minimum absolute atomic E-state index is 0.249. The van der Waals surface area contributed by atoms with Crippen molar-refractivity contribution in [2.75, 3.05) is 5.43 Å². The highest BCUT2D eigenvalue weighted by atomic mass is 35.5. The Labute approximate surface area is 102 Å². The molecule has 0 bridgehead atoms. The largest absolute Gasteiger partial charge is 0.476 e. The molecule has 0 saturated heterocycles. The van der Waals surface area contributed by atoms with Gasteiger partial charge in [0.15, 0.2) is 21.8 Å². The van der Waals surface area contributed by atoms with Crippen molar-refractivity contribution in [1.29, 1.82) is 0 Å². The van der Waals surface area contributed by atoms with Crippen LogP contribution in [0.5, 0.6) is 0 Å². The summed E-state index contributed by atoms with van der Waals surface area (Å²) < 4.78 is 0.570. The Morgan fingerprint density at radius 3 is 2.18 bits per heavy atom. The molecule has 0 amide bonds. The van der Waals surface area contributed by atoms with Gasteiger partial charge in [0.1, 0.15) is 0 Å². The van der Waals surface area contributed by atoms with Gasteiger partial charge >= 0.3 is 17.1 Å². The molecule has 0 aliphatic carbocycles. The number of aromatic carboxylic acids is 1. The topological polar surface area (TPSA) is 114 Å². The van der Waals surface area contributed by atoms with Crippen molar-refractivity contribution in [1.82, 2.24) is 14.6 Å². The summed E-state index contributed by atoms with van der Waals surface area (Å²) in [5, 5.41) is 8.27. The second-order valence-electron chi connectivity index (χ2n) is 2.87. The lowest BCUT2D eigenvalue weighted by Gasteiger charge is -2.05. The molecule has 0 aliphatic rings. The minimum atomic E-state index is -1.43. The smallest absolute Gasteiger partial charge is 0.358 e. The van der Waals surface area contributed by atoms with Crippen molar-refractivity contribution in [3.05, 3.63) is 36.7 Å². The zero-order valence-electron chi connectivity index (χ0n) is 7.77. The minimum Gasteiger partial charge on any atom is -0.476 e. The van der Waals surface area contributed by atoms with E-state index in [1.807, 2.05) is 0 Å². The third kappa shape index (κ3) is 1.99. The fourth-order valence-electron chi connectivity index (χ4n) is 0.964. The third-order valence-electron chi connectivity index (χ3n) is 1.77. The zero-order valence-corrected chi connectivity index (χ0v) is 9.28. The van der Waals surface area contributed by atoms with Gasteiger partial charge in [-0.2, -0.15) is 4.68 Å². The molecular formula is C7H2Cl2N4O4. The molecule has 88 valence electrons. The van der Waals surface area contributed by atoms with Crippen molar-refractivity contribution >= 4 is 35.0 Å². The predicted octanol–water partition coefficient (Wildman–Crippen LogP) is -0.246. The zero-order chi connectivity index (χ0) is 12.7. The van der Waals surface area contributed by atoms with E-state index in [2.05, 4.69) is 15.4 Å². The Kier molecular flexibility index (Phi) is 2.60. The van der Waals surface area contributed by atoms with Crippen LogP contribution >= 0.6 is 23.2 Å². The van der Waals surface area contributed by atoms with Crippen LogP contribution in [0.15, 0.2) is 9.59 Å². The van der Waals surface area contributed by atoms with E-state index >= 15 is 0 Å². The fourth-order valence-corrected chi connectivity index (χ4v) is 1.22. The maximum atomic E-state index is 10.8. The number of carbonyl (C=O) groups is 1. The van der Waals surface area contributed by atoms with E-state index in [0.29, 0.717) is 4.68 Å². The van der Waals surface area contributed by atoms with Gasteiger partial charge in [0, 0.05) is 0 Å². The summed E-state index contributed by atoms with van der Waals surface area (Å²) in [6.45, 7) is 0. The Morgan fingerprint density at radius 2 is 1.71 bits per heavy atom. The van der Waals surface area contributed by atoms with Gasteiger partial charge < -0.3 is 5.11 Å². The average Bonchev–Trinajstić information content (AvgIpc) is 2.80. The number of aromatic nitrogens is 3. The number of anilines is 1. The molecule has 0 spiro atoms. The molecule has 0 aromatic carbocycles. The normalized spacial score (nSPS) is 10.7. The first-order chi connectivity index (χ1) is 7.91. The van der Waals surface area contributed by atoms with Crippen molar-refractivity contribution in [3.63, 3.8) is 0 Å². The second kappa shape index (κ2) is 3.82. The molecule has 2 heterocycles. The summed E-state index contributed by atoms with van der Waals surface area (Å²) >= 11 is 11.0. The summed E-state index contributed by atoms with van der Waals surface area (Å²) in [6.07, 6.45) is 0. The molecule has 2 aromatic rings. The second-order valence-corrected chi connectivity index (χ2v) is 3.58. The Morgan fingerprint density at radius 1 is 1.18 bits per heavy atom. The van der Waals surface area contributed by atoms with Crippen LogP contribution < -0.4 is 16.5 Å². The van der Waals surface area contributed by atoms with Gasteiger partial charge in [0.2, 0.25) is 0 Å². The first kappa shape index (κ1) is 11.6. The predicted molar refractivity (Wildman–Crippen MR) is 57.4 cm³/mol. The van der Waals surface area contributed by atoms with Crippen LogP contribution in [0.25, 0.3) is 0 Å². The molecule has 2 aromatic heterocycles. The Hall–Kier alpha value is -1.93. The van der Waals surface area contributed by atoms with Crippen LogP contribution in [0.1, 0.15) is 10.5 Å². The van der Waals surface area contributed by atoms with Crippen molar-refractivity contribution < 1.29 is 9.90 Å². The molecule has 0 aliphatic heterocycles. The number of nitrogens with one attached hydrogen (secondary N) is 1. The van der Waals surface area contributed by atoms with E-state index in [-0.39, 0.29) is 16.1 Å². The molecule has 0 unspecified atom stereocenters. The molecule has 8 nitrogen and oxygen atoms in total. The van der Waals surface area contributed by atoms with E-state index in [1.165, 1.54) is 0 Å². The monoisotopic (exact) mass is 276 g/mol. The Balaban J connectivity index is 2.48. The van der Waals surface area contributed by atoms with E-state index < -0.39 is 22.8 Å². The van der Waals surface area contributed by atoms with Crippen molar-refractivity contribution in [3.8, 4) is 0 Å². The lowest BCUT2D eigenvalue weighted by molar-refractivity contribution is 0.0691. The summed E-state index contributed by atoms with van der Waals surface area (Å²) in [5.74, 6) is -1.77. The van der Waals surface area contributed by atoms with Gasteiger partial charge in [-0.15, -0.1) is 0 Å². The number of halogens is 2. The molecule has 0 fully saturated rings. The van der Waals surface area contributed by atoms with Crippen LogP contribution in [-0.2, 0) is 0 Å².